The number of nitrogens with two attached hydrogens (primary N) is 1. The lowest BCUT2D eigenvalue weighted by Crippen LogP contribution is -2.58. The Hall–Kier alpha value is -3.55. The predicted octanol–water partition coefficient (Wildman–Crippen LogP) is 3.09. The third-order valence-corrected chi connectivity index (χ3v) is 5.76. The lowest BCUT2D eigenvalue weighted by molar-refractivity contribution is -0.117. The van der Waals surface area contributed by atoms with Gasteiger partial charge < -0.3 is 15.5 Å². The Labute approximate surface area is 170 Å². The van der Waals surface area contributed by atoms with Crippen molar-refractivity contribution in [3.63, 3.8) is 0 Å². The first-order valence-corrected chi connectivity index (χ1v) is 9.49. The number of carbonyl (C=O) groups is 2. The maximum Gasteiger partial charge on any atom is 0.282 e. The summed E-state index contributed by atoms with van der Waals surface area (Å²) in [7, 11) is 1.74. The summed E-state index contributed by atoms with van der Waals surface area (Å²) in [5.41, 5.74) is 9.73. The monoisotopic (exact) mass is 408 g/mol. The third-order valence-electron chi connectivity index (χ3n) is 5.76. The van der Waals surface area contributed by atoms with Gasteiger partial charge in [-0.1, -0.05) is 6.07 Å². The molecule has 0 atom stereocenters. The molecule has 2 aromatic carbocycles. The van der Waals surface area contributed by atoms with Crippen molar-refractivity contribution in [3.8, 4) is 11.1 Å². The molecule has 0 spiro atoms. The number of hydrogen-bond acceptors (Lipinski definition) is 4. The van der Waals surface area contributed by atoms with E-state index in [0.717, 1.165) is 27.3 Å². The molecule has 1 saturated heterocycles. The highest BCUT2D eigenvalue weighted by molar-refractivity contribution is 6.07. The second kappa shape index (κ2) is 6.22. The van der Waals surface area contributed by atoms with E-state index < -0.39 is 24.9 Å². The maximum absolute atomic E-state index is 13.2. The molecule has 1 aromatic heterocycles. The minimum Gasteiger partial charge on any atom is -0.383 e. The summed E-state index contributed by atoms with van der Waals surface area (Å²) in [5.74, 6) is -2.91. The van der Waals surface area contributed by atoms with E-state index in [-0.39, 0.29) is 5.91 Å². The molecule has 5 rings (SSSR count). The molecule has 0 bridgehead atoms. The van der Waals surface area contributed by atoms with Gasteiger partial charge in [0.2, 0.25) is 5.91 Å². The van der Waals surface area contributed by atoms with Crippen LogP contribution in [-0.4, -0.2) is 47.8 Å². The summed E-state index contributed by atoms with van der Waals surface area (Å²) in [4.78, 5) is 31.6. The first-order valence-electron chi connectivity index (χ1n) is 9.49. The number of amides is 2. The molecule has 2 amide bonds. The smallest absolute Gasteiger partial charge is 0.282 e. The minimum absolute atomic E-state index is 0.0293. The van der Waals surface area contributed by atoms with Crippen molar-refractivity contribution >= 4 is 34.1 Å². The van der Waals surface area contributed by atoms with Crippen LogP contribution in [0.1, 0.15) is 15.9 Å². The fraction of sp³-hybridized carbons (Fsp3) is 0.227. The second-order valence-corrected chi connectivity index (χ2v) is 7.81. The largest absolute Gasteiger partial charge is 0.383 e. The maximum atomic E-state index is 13.2. The van der Waals surface area contributed by atoms with Gasteiger partial charge in [0.15, 0.2) is 0 Å². The normalized spacial score (nSPS) is 17.2. The first kappa shape index (κ1) is 18.5. The van der Waals surface area contributed by atoms with Crippen molar-refractivity contribution in [3.05, 3.63) is 53.7 Å². The number of aromatic nitrogens is 1. The van der Waals surface area contributed by atoms with E-state index in [1.807, 2.05) is 18.2 Å². The summed E-state index contributed by atoms with van der Waals surface area (Å²) in [6, 6.07) is 10.7. The fourth-order valence-corrected chi connectivity index (χ4v) is 4.10. The lowest BCUT2D eigenvalue weighted by Gasteiger charge is -2.38. The summed E-state index contributed by atoms with van der Waals surface area (Å²) >= 11 is 0. The van der Waals surface area contributed by atoms with Crippen LogP contribution in [0, 0.1) is 0 Å². The highest BCUT2D eigenvalue weighted by Gasteiger charge is 2.46. The van der Waals surface area contributed by atoms with Gasteiger partial charge >= 0.3 is 0 Å². The molecule has 0 saturated carbocycles. The zero-order valence-corrected chi connectivity index (χ0v) is 16.2. The zero-order valence-electron chi connectivity index (χ0n) is 16.2. The molecule has 152 valence electrons. The number of alkyl halides is 2. The van der Waals surface area contributed by atoms with Gasteiger partial charge in [0.05, 0.1) is 19.5 Å². The van der Waals surface area contributed by atoms with Gasteiger partial charge in [-0.2, -0.15) is 0 Å². The molecule has 30 heavy (non-hydrogen) atoms. The number of benzene rings is 2. The average Bonchev–Trinajstić information content (AvgIpc) is 2.98. The molecule has 2 aliphatic rings. The molecule has 0 unspecified atom stereocenters. The van der Waals surface area contributed by atoms with Gasteiger partial charge in [-0.15, -0.1) is 0 Å². The van der Waals surface area contributed by atoms with E-state index in [9.17, 15) is 18.4 Å². The van der Waals surface area contributed by atoms with Crippen molar-refractivity contribution in [2.24, 2.45) is 0 Å². The van der Waals surface area contributed by atoms with Crippen molar-refractivity contribution in [1.29, 1.82) is 0 Å². The Morgan fingerprint density at radius 1 is 1.13 bits per heavy atom. The van der Waals surface area contributed by atoms with Gasteiger partial charge in [0.25, 0.3) is 11.8 Å². The number of pyridine rings is 1. The van der Waals surface area contributed by atoms with Crippen molar-refractivity contribution < 1.29 is 18.4 Å². The molecule has 6 nitrogen and oxygen atoms in total. The molecule has 3 aromatic rings. The van der Waals surface area contributed by atoms with E-state index in [1.165, 1.54) is 0 Å². The van der Waals surface area contributed by atoms with Crippen LogP contribution < -0.4 is 10.6 Å². The standard InChI is InChI=1S/C22H18F2N4O2/c1-27-18-5-3-12(6-14(18)8-19(27)29)17-9-26-20(25)15-4-2-13(7-16(15)17)21(30)28-10-22(23,24)11-28/h2-7,9H,8,10-11H2,1H3,(H2,25,26). The van der Waals surface area contributed by atoms with Crippen LogP contribution in [0.4, 0.5) is 20.3 Å². The molecule has 0 aliphatic carbocycles. The van der Waals surface area contributed by atoms with E-state index in [4.69, 9.17) is 5.73 Å². The first-order chi connectivity index (χ1) is 14.2. The number of hydrogen-bond donors (Lipinski definition) is 1. The van der Waals surface area contributed by atoms with E-state index in [1.54, 1.807) is 36.3 Å². The Morgan fingerprint density at radius 3 is 2.63 bits per heavy atom. The van der Waals surface area contributed by atoms with Crippen LogP contribution in [0.2, 0.25) is 0 Å². The van der Waals surface area contributed by atoms with Crippen molar-refractivity contribution in [2.45, 2.75) is 12.3 Å². The fourth-order valence-electron chi connectivity index (χ4n) is 4.10. The number of fused-ring (bicyclic) bond motifs is 2. The molecule has 3 heterocycles. The lowest BCUT2D eigenvalue weighted by atomic mass is 9.96. The van der Waals surface area contributed by atoms with Gasteiger partial charge in [0, 0.05) is 35.4 Å². The summed E-state index contributed by atoms with van der Waals surface area (Å²) in [6.45, 7) is -1.14. The van der Waals surface area contributed by atoms with Gasteiger partial charge in [0.1, 0.15) is 5.82 Å². The number of nitrogens with zero attached hydrogens (tertiary/aromatic N) is 3. The minimum atomic E-state index is -2.82. The topological polar surface area (TPSA) is 79.5 Å². The van der Waals surface area contributed by atoms with Crippen LogP contribution in [0.25, 0.3) is 21.9 Å². The molecule has 2 N–H and O–H groups in total. The average molecular weight is 408 g/mol. The molecule has 0 radical (unpaired) electrons. The van der Waals surface area contributed by atoms with Gasteiger partial charge in [-0.25, -0.2) is 13.8 Å². The summed E-state index contributed by atoms with van der Waals surface area (Å²) in [6.07, 6.45) is 1.96. The number of halogens is 2. The predicted molar refractivity (Wildman–Crippen MR) is 110 cm³/mol. The third kappa shape index (κ3) is 2.79. The quantitative estimate of drug-likeness (QED) is 0.707. The highest BCUT2D eigenvalue weighted by Crippen LogP contribution is 2.36. The number of nitrogen functional groups attached to an aromatic ring is 1. The Kier molecular flexibility index (Phi) is 3.83. The summed E-state index contributed by atoms with van der Waals surface area (Å²) < 4.78 is 26.3. The molecular formula is C22H18F2N4O2. The zero-order chi connectivity index (χ0) is 21.2. The van der Waals surface area contributed by atoms with Crippen LogP contribution in [0.3, 0.4) is 0 Å². The SMILES string of the molecule is CN1C(=O)Cc2cc(-c3cnc(N)c4ccc(C(=O)N5CC(F)(F)C5)cc34)ccc21. The van der Waals surface area contributed by atoms with Gasteiger partial charge in [-0.3, -0.25) is 9.59 Å². The Balaban J connectivity index is 1.59. The number of carbonyl (C=O) groups excluding carboxylic acids is 2. The van der Waals surface area contributed by atoms with Crippen LogP contribution >= 0.6 is 0 Å². The number of likely N-dealkylation sites (tertiary alicyclic amines) is 1. The van der Waals surface area contributed by atoms with Crippen LogP contribution in [-0.2, 0) is 11.2 Å². The Morgan fingerprint density at radius 2 is 1.90 bits per heavy atom. The highest BCUT2D eigenvalue weighted by atomic mass is 19.3. The van der Waals surface area contributed by atoms with E-state index >= 15 is 0 Å². The van der Waals surface area contributed by atoms with Gasteiger partial charge in [-0.05, 0) is 46.8 Å². The molecule has 8 heteroatoms. The van der Waals surface area contributed by atoms with E-state index in [2.05, 4.69) is 4.98 Å². The van der Waals surface area contributed by atoms with Crippen LogP contribution in [0.5, 0.6) is 0 Å². The van der Waals surface area contributed by atoms with Crippen molar-refractivity contribution in [1.82, 2.24) is 9.88 Å². The Bertz CT molecular complexity index is 1230. The molecule has 1 fully saturated rings. The molecular weight excluding hydrogens is 390 g/mol. The summed E-state index contributed by atoms with van der Waals surface area (Å²) in [5, 5.41) is 1.38. The number of likely N-dealkylation sites (N-methyl/N-ethyl adjacent to an activating group) is 1. The number of rotatable bonds is 2. The second-order valence-electron chi connectivity index (χ2n) is 7.81. The van der Waals surface area contributed by atoms with E-state index in [0.29, 0.717) is 28.6 Å². The van der Waals surface area contributed by atoms with Crippen molar-refractivity contribution in [2.75, 3.05) is 30.8 Å². The molecule has 2 aliphatic heterocycles. The van der Waals surface area contributed by atoms with Crippen LogP contribution in [0.15, 0.2) is 42.6 Å². The number of anilines is 2.